The molecule has 0 heterocycles. The molecule has 0 fully saturated rings. The number of carbonyl (C=O) groups is 1. The molecule has 0 bridgehead atoms. The molecule has 1 atom stereocenters. The Balaban J connectivity index is 1.78. The number of amides is 1. The predicted molar refractivity (Wildman–Crippen MR) is 76.1 cm³/mol. The molecule has 0 unspecified atom stereocenters. The molecule has 1 aliphatic carbocycles. The maximum atomic E-state index is 12.3. The van der Waals surface area contributed by atoms with Crippen molar-refractivity contribution in [3.05, 3.63) is 70.8 Å². The van der Waals surface area contributed by atoms with Gasteiger partial charge in [0.25, 0.3) is 5.91 Å². The van der Waals surface area contributed by atoms with Crippen LogP contribution in [0.4, 0.5) is 0 Å². The van der Waals surface area contributed by atoms with Gasteiger partial charge in [0.2, 0.25) is 0 Å². The lowest BCUT2D eigenvalue weighted by molar-refractivity contribution is 0.0936. The fourth-order valence-electron chi connectivity index (χ4n) is 2.73. The van der Waals surface area contributed by atoms with E-state index < -0.39 is 0 Å². The standard InChI is InChI=1S/C17H17NO/c1-12-5-4-7-14(11-12)17(19)18-16-10-9-13-6-2-3-8-15(13)16/h2-8,11,16H,9-10H2,1H3,(H,18,19)/t16-/m0/s1. The second-order valence-electron chi connectivity index (χ2n) is 5.13. The maximum absolute atomic E-state index is 12.3. The zero-order valence-corrected chi connectivity index (χ0v) is 11.0. The van der Waals surface area contributed by atoms with Crippen molar-refractivity contribution in [2.75, 3.05) is 0 Å². The lowest BCUT2D eigenvalue weighted by atomic mass is 10.1. The van der Waals surface area contributed by atoms with Gasteiger partial charge in [0.15, 0.2) is 0 Å². The van der Waals surface area contributed by atoms with Crippen LogP contribution in [0, 0.1) is 6.92 Å². The Bertz CT molecular complexity index is 618. The minimum absolute atomic E-state index is 0.0189. The molecule has 2 aromatic rings. The van der Waals surface area contributed by atoms with Crippen molar-refractivity contribution < 1.29 is 4.79 Å². The summed E-state index contributed by atoms with van der Waals surface area (Å²) in [7, 11) is 0. The topological polar surface area (TPSA) is 29.1 Å². The maximum Gasteiger partial charge on any atom is 0.251 e. The van der Waals surface area contributed by atoms with E-state index in [-0.39, 0.29) is 11.9 Å². The first-order valence-corrected chi connectivity index (χ1v) is 6.69. The minimum Gasteiger partial charge on any atom is -0.345 e. The molecular weight excluding hydrogens is 234 g/mol. The third-order valence-corrected chi connectivity index (χ3v) is 3.72. The molecule has 0 spiro atoms. The van der Waals surface area contributed by atoms with Crippen LogP contribution in [0.3, 0.4) is 0 Å². The van der Waals surface area contributed by atoms with Gasteiger partial charge in [0.05, 0.1) is 6.04 Å². The molecule has 96 valence electrons. The Morgan fingerprint density at radius 1 is 1.16 bits per heavy atom. The van der Waals surface area contributed by atoms with Crippen LogP contribution in [0.25, 0.3) is 0 Å². The van der Waals surface area contributed by atoms with Crippen molar-refractivity contribution in [3.8, 4) is 0 Å². The summed E-state index contributed by atoms with van der Waals surface area (Å²) >= 11 is 0. The van der Waals surface area contributed by atoms with Gasteiger partial charge in [-0.3, -0.25) is 4.79 Å². The Morgan fingerprint density at radius 3 is 2.84 bits per heavy atom. The van der Waals surface area contributed by atoms with Gasteiger partial charge in [-0.15, -0.1) is 0 Å². The molecule has 0 aliphatic heterocycles. The van der Waals surface area contributed by atoms with Crippen molar-refractivity contribution in [1.82, 2.24) is 5.32 Å². The number of hydrogen-bond donors (Lipinski definition) is 1. The molecule has 2 nitrogen and oxygen atoms in total. The molecule has 2 heteroatoms. The van der Waals surface area contributed by atoms with Crippen molar-refractivity contribution >= 4 is 5.91 Å². The highest BCUT2D eigenvalue weighted by molar-refractivity contribution is 5.94. The van der Waals surface area contributed by atoms with E-state index in [1.807, 2.05) is 37.3 Å². The second-order valence-corrected chi connectivity index (χ2v) is 5.13. The summed E-state index contributed by atoms with van der Waals surface area (Å²) < 4.78 is 0. The molecule has 1 N–H and O–H groups in total. The summed E-state index contributed by atoms with van der Waals surface area (Å²) in [5, 5.41) is 3.14. The highest BCUT2D eigenvalue weighted by atomic mass is 16.1. The van der Waals surface area contributed by atoms with Crippen molar-refractivity contribution in [2.45, 2.75) is 25.8 Å². The van der Waals surface area contributed by atoms with Gasteiger partial charge < -0.3 is 5.32 Å². The fraction of sp³-hybridized carbons (Fsp3) is 0.235. The van der Waals surface area contributed by atoms with E-state index >= 15 is 0 Å². The van der Waals surface area contributed by atoms with Gasteiger partial charge in [-0.1, -0.05) is 42.0 Å². The third kappa shape index (κ3) is 2.39. The van der Waals surface area contributed by atoms with Crippen LogP contribution in [0.15, 0.2) is 48.5 Å². The number of nitrogens with one attached hydrogen (secondary N) is 1. The molecule has 1 aliphatic rings. The van der Waals surface area contributed by atoms with Gasteiger partial charge in [0, 0.05) is 5.56 Å². The summed E-state index contributed by atoms with van der Waals surface area (Å²) in [6.07, 6.45) is 2.05. The van der Waals surface area contributed by atoms with Crippen molar-refractivity contribution in [1.29, 1.82) is 0 Å². The summed E-state index contributed by atoms with van der Waals surface area (Å²) in [5.41, 5.74) is 4.48. The van der Waals surface area contributed by atoms with E-state index in [4.69, 9.17) is 0 Å². The molecule has 0 aromatic heterocycles. The van der Waals surface area contributed by atoms with E-state index in [0.717, 1.165) is 24.0 Å². The molecular formula is C17H17NO. The highest BCUT2D eigenvalue weighted by Gasteiger charge is 2.23. The molecule has 0 radical (unpaired) electrons. The molecule has 1 amide bonds. The first-order valence-electron chi connectivity index (χ1n) is 6.69. The van der Waals surface area contributed by atoms with Gasteiger partial charge in [-0.25, -0.2) is 0 Å². The number of benzene rings is 2. The molecule has 0 saturated heterocycles. The molecule has 3 rings (SSSR count). The third-order valence-electron chi connectivity index (χ3n) is 3.72. The van der Waals surface area contributed by atoms with E-state index in [1.165, 1.54) is 11.1 Å². The van der Waals surface area contributed by atoms with Gasteiger partial charge in [-0.2, -0.15) is 0 Å². The Morgan fingerprint density at radius 2 is 2.00 bits per heavy atom. The van der Waals surface area contributed by atoms with Crippen LogP contribution >= 0.6 is 0 Å². The van der Waals surface area contributed by atoms with Crippen LogP contribution in [-0.4, -0.2) is 5.91 Å². The zero-order valence-electron chi connectivity index (χ0n) is 11.0. The average Bonchev–Trinajstić information content (AvgIpc) is 2.82. The van der Waals surface area contributed by atoms with Crippen molar-refractivity contribution in [2.24, 2.45) is 0 Å². The molecule has 0 saturated carbocycles. The van der Waals surface area contributed by atoms with E-state index in [9.17, 15) is 4.79 Å². The summed E-state index contributed by atoms with van der Waals surface area (Å²) in [6.45, 7) is 2.00. The molecule has 19 heavy (non-hydrogen) atoms. The molecule has 2 aromatic carbocycles. The largest absolute Gasteiger partial charge is 0.345 e. The van der Waals surface area contributed by atoms with Gasteiger partial charge in [0.1, 0.15) is 0 Å². The monoisotopic (exact) mass is 251 g/mol. The number of rotatable bonds is 2. The quantitative estimate of drug-likeness (QED) is 0.870. The number of hydrogen-bond acceptors (Lipinski definition) is 1. The van der Waals surface area contributed by atoms with Crippen LogP contribution in [0.5, 0.6) is 0 Å². The SMILES string of the molecule is Cc1cccc(C(=O)N[C@H]2CCc3ccccc32)c1. The Kier molecular flexibility index (Phi) is 3.08. The van der Waals surface area contributed by atoms with Crippen LogP contribution < -0.4 is 5.32 Å². The number of carbonyl (C=O) groups excluding carboxylic acids is 1. The predicted octanol–water partition coefficient (Wildman–Crippen LogP) is 3.41. The lowest BCUT2D eigenvalue weighted by Crippen LogP contribution is -2.27. The Hall–Kier alpha value is -2.09. The first kappa shape index (κ1) is 12.0. The number of aryl methyl sites for hydroxylation is 2. The second kappa shape index (κ2) is 4.88. The minimum atomic E-state index is 0.0189. The highest BCUT2D eigenvalue weighted by Crippen LogP contribution is 2.30. The summed E-state index contributed by atoms with van der Waals surface area (Å²) in [4.78, 5) is 12.3. The van der Waals surface area contributed by atoms with Crippen LogP contribution in [-0.2, 0) is 6.42 Å². The fourth-order valence-corrected chi connectivity index (χ4v) is 2.73. The Labute approximate surface area is 113 Å². The van der Waals surface area contributed by atoms with E-state index in [0.29, 0.717) is 0 Å². The zero-order chi connectivity index (χ0) is 13.2. The summed E-state index contributed by atoms with van der Waals surface area (Å²) in [5.74, 6) is 0.0189. The van der Waals surface area contributed by atoms with Gasteiger partial charge in [-0.05, 0) is 43.0 Å². The lowest BCUT2D eigenvalue weighted by Gasteiger charge is -2.14. The van der Waals surface area contributed by atoms with Crippen molar-refractivity contribution in [3.63, 3.8) is 0 Å². The van der Waals surface area contributed by atoms with Crippen LogP contribution in [0.1, 0.15) is 39.5 Å². The normalized spacial score (nSPS) is 17.0. The van der Waals surface area contributed by atoms with E-state index in [1.54, 1.807) is 0 Å². The number of fused-ring (bicyclic) bond motifs is 1. The van der Waals surface area contributed by atoms with E-state index in [2.05, 4.69) is 23.5 Å². The average molecular weight is 251 g/mol. The first-order chi connectivity index (χ1) is 9.24. The summed E-state index contributed by atoms with van der Waals surface area (Å²) in [6, 6.07) is 16.2. The smallest absolute Gasteiger partial charge is 0.251 e. The van der Waals surface area contributed by atoms with Gasteiger partial charge >= 0.3 is 0 Å². The van der Waals surface area contributed by atoms with Crippen LogP contribution in [0.2, 0.25) is 0 Å².